The molecule has 0 unspecified atom stereocenters. The summed E-state index contributed by atoms with van der Waals surface area (Å²) >= 11 is 0. The van der Waals surface area contributed by atoms with Gasteiger partial charge in [0.05, 0.1) is 19.6 Å². The average molecular weight is 430 g/mol. The number of carbonyl (C=O) groups is 3. The first kappa shape index (κ1) is 24.6. The molecule has 0 saturated heterocycles. The van der Waals surface area contributed by atoms with Crippen LogP contribution in [-0.4, -0.2) is 48.5 Å². The smallest absolute Gasteiger partial charge is 0.330 e. The minimum Gasteiger partial charge on any atom is -0.466 e. The summed E-state index contributed by atoms with van der Waals surface area (Å²) in [6.07, 6.45) is 8.94. The highest BCUT2D eigenvalue weighted by Crippen LogP contribution is 2.34. The van der Waals surface area contributed by atoms with Crippen molar-refractivity contribution in [3.63, 3.8) is 0 Å². The molecule has 170 valence electrons. The van der Waals surface area contributed by atoms with E-state index in [4.69, 9.17) is 9.47 Å². The Labute approximate surface area is 185 Å². The highest BCUT2D eigenvalue weighted by molar-refractivity contribution is 5.94. The molecule has 1 aromatic rings. The number of benzene rings is 1. The summed E-state index contributed by atoms with van der Waals surface area (Å²) < 4.78 is 10.0. The van der Waals surface area contributed by atoms with Crippen molar-refractivity contribution in [2.45, 2.75) is 64.8 Å². The van der Waals surface area contributed by atoms with Crippen LogP contribution in [0, 0.1) is 5.92 Å². The number of allylic oxidation sites excluding steroid dienone is 1. The summed E-state index contributed by atoms with van der Waals surface area (Å²) in [5.74, 6) is -0.356. The summed E-state index contributed by atoms with van der Waals surface area (Å²) in [4.78, 5) is 38.7. The first-order valence-corrected chi connectivity index (χ1v) is 11.4. The van der Waals surface area contributed by atoms with Gasteiger partial charge >= 0.3 is 11.9 Å². The molecule has 0 spiro atoms. The third kappa shape index (κ3) is 8.19. The van der Waals surface area contributed by atoms with Crippen molar-refractivity contribution in [1.82, 2.24) is 4.90 Å². The number of carbonyl (C=O) groups excluding carboxylic acids is 3. The third-order valence-corrected chi connectivity index (χ3v) is 5.60. The van der Waals surface area contributed by atoms with Gasteiger partial charge < -0.3 is 14.4 Å². The second kappa shape index (κ2) is 13.6. The van der Waals surface area contributed by atoms with Crippen LogP contribution in [0.4, 0.5) is 0 Å². The van der Waals surface area contributed by atoms with Gasteiger partial charge in [0.25, 0.3) is 5.91 Å². The maximum atomic E-state index is 13.3. The minimum absolute atomic E-state index is 0.0171. The monoisotopic (exact) mass is 429 g/mol. The second-order valence-electron chi connectivity index (χ2n) is 7.78. The molecule has 1 saturated carbocycles. The molecular formula is C25H35NO5. The summed E-state index contributed by atoms with van der Waals surface area (Å²) in [6.45, 7) is 4.97. The zero-order valence-electron chi connectivity index (χ0n) is 18.8. The number of hydrogen-bond acceptors (Lipinski definition) is 5. The molecule has 0 N–H and O–H groups in total. The Balaban J connectivity index is 2.00. The molecule has 1 fully saturated rings. The number of amides is 1. The Morgan fingerprint density at radius 1 is 1.03 bits per heavy atom. The largest absolute Gasteiger partial charge is 0.466 e. The van der Waals surface area contributed by atoms with Gasteiger partial charge in [-0.15, -0.1) is 0 Å². The first-order valence-electron chi connectivity index (χ1n) is 11.4. The van der Waals surface area contributed by atoms with Crippen LogP contribution in [-0.2, 0) is 19.1 Å². The van der Waals surface area contributed by atoms with Crippen molar-refractivity contribution in [3.05, 3.63) is 48.0 Å². The fraction of sp³-hybridized carbons (Fsp3) is 0.560. The van der Waals surface area contributed by atoms with E-state index in [0.29, 0.717) is 31.7 Å². The Morgan fingerprint density at radius 3 is 2.48 bits per heavy atom. The van der Waals surface area contributed by atoms with Gasteiger partial charge in [-0.25, -0.2) is 4.79 Å². The molecular weight excluding hydrogens is 394 g/mol. The zero-order chi connectivity index (χ0) is 22.5. The van der Waals surface area contributed by atoms with Crippen molar-refractivity contribution in [2.75, 3.05) is 19.8 Å². The predicted octanol–water partition coefficient (Wildman–Crippen LogP) is 4.54. The molecule has 1 aliphatic carbocycles. The Kier molecular flexibility index (Phi) is 10.8. The van der Waals surface area contributed by atoms with Gasteiger partial charge in [0.2, 0.25) is 0 Å². The highest BCUT2D eigenvalue weighted by atomic mass is 16.5. The van der Waals surface area contributed by atoms with E-state index in [0.717, 1.165) is 38.5 Å². The molecule has 0 aliphatic heterocycles. The summed E-state index contributed by atoms with van der Waals surface area (Å²) in [5, 5.41) is 0. The van der Waals surface area contributed by atoms with E-state index in [2.05, 4.69) is 0 Å². The van der Waals surface area contributed by atoms with E-state index in [1.54, 1.807) is 6.92 Å². The van der Waals surface area contributed by atoms with Crippen molar-refractivity contribution in [1.29, 1.82) is 0 Å². The quantitative estimate of drug-likeness (QED) is 0.277. The molecule has 1 aromatic carbocycles. The van der Waals surface area contributed by atoms with Crippen LogP contribution >= 0.6 is 0 Å². The number of ether oxygens (including phenoxy) is 2. The lowest BCUT2D eigenvalue weighted by atomic mass is 9.97. The Hall–Kier alpha value is -2.63. The molecule has 2 atom stereocenters. The molecule has 6 heteroatoms. The van der Waals surface area contributed by atoms with Crippen molar-refractivity contribution < 1.29 is 23.9 Å². The molecule has 0 bridgehead atoms. The summed E-state index contributed by atoms with van der Waals surface area (Å²) in [5.41, 5.74) is 0.673. The van der Waals surface area contributed by atoms with Gasteiger partial charge in [0, 0.05) is 24.2 Å². The standard InChI is InChI=1S/C25H35NO5/c1-3-30-23(27)17-10-5-6-11-18-26(25(29)20-13-8-7-9-14-20)22-16-12-15-21(22)19-24(28)31-4-2/h7-10,13-14,17,21-22H,3-6,11-12,15-16,18-19H2,1-2H3/b17-10+/t21-,22-/m0/s1. The molecule has 0 heterocycles. The molecule has 2 rings (SSSR count). The molecule has 0 aromatic heterocycles. The second-order valence-corrected chi connectivity index (χ2v) is 7.78. The van der Waals surface area contributed by atoms with Crippen LogP contribution in [0.3, 0.4) is 0 Å². The van der Waals surface area contributed by atoms with Gasteiger partial charge in [-0.2, -0.15) is 0 Å². The maximum Gasteiger partial charge on any atom is 0.330 e. The van der Waals surface area contributed by atoms with Gasteiger partial charge in [-0.1, -0.05) is 30.7 Å². The van der Waals surface area contributed by atoms with E-state index < -0.39 is 0 Å². The number of rotatable bonds is 12. The predicted molar refractivity (Wildman–Crippen MR) is 119 cm³/mol. The highest BCUT2D eigenvalue weighted by Gasteiger charge is 2.36. The molecule has 31 heavy (non-hydrogen) atoms. The summed E-state index contributed by atoms with van der Waals surface area (Å²) in [7, 11) is 0. The Bertz CT molecular complexity index is 731. The number of nitrogens with zero attached hydrogens (tertiary/aromatic N) is 1. The molecule has 1 aliphatic rings. The van der Waals surface area contributed by atoms with Gasteiger partial charge in [-0.05, 0) is 64.0 Å². The maximum absolute atomic E-state index is 13.3. The van der Waals surface area contributed by atoms with Crippen LogP contribution in [0.1, 0.15) is 69.2 Å². The van der Waals surface area contributed by atoms with Crippen molar-refractivity contribution >= 4 is 17.8 Å². The summed E-state index contributed by atoms with van der Waals surface area (Å²) in [6, 6.07) is 9.37. The van der Waals surface area contributed by atoms with Crippen LogP contribution in [0.5, 0.6) is 0 Å². The number of esters is 2. The van der Waals surface area contributed by atoms with Crippen LogP contribution in [0.15, 0.2) is 42.5 Å². The van der Waals surface area contributed by atoms with Crippen LogP contribution < -0.4 is 0 Å². The van der Waals surface area contributed by atoms with Crippen molar-refractivity contribution in [2.24, 2.45) is 5.92 Å². The fourth-order valence-electron chi connectivity index (χ4n) is 4.18. The minimum atomic E-state index is -0.323. The number of unbranched alkanes of at least 4 members (excludes halogenated alkanes) is 2. The third-order valence-electron chi connectivity index (χ3n) is 5.60. The number of hydrogen-bond donors (Lipinski definition) is 0. The van der Waals surface area contributed by atoms with E-state index in [1.165, 1.54) is 6.08 Å². The molecule has 1 amide bonds. The SMILES string of the molecule is CCOC(=O)/C=C/CCCCN(C(=O)c1ccccc1)[C@H]1CCC[C@H]1CC(=O)OCC. The van der Waals surface area contributed by atoms with Crippen molar-refractivity contribution in [3.8, 4) is 0 Å². The average Bonchev–Trinajstić information content (AvgIpc) is 3.21. The van der Waals surface area contributed by atoms with Crippen LogP contribution in [0.2, 0.25) is 0 Å². The molecule has 6 nitrogen and oxygen atoms in total. The zero-order valence-corrected chi connectivity index (χ0v) is 18.8. The van der Waals surface area contributed by atoms with E-state index in [-0.39, 0.29) is 29.8 Å². The molecule has 0 radical (unpaired) electrons. The van der Waals surface area contributed by atoms with Gasteiger partial charge in [0.1, 0.15) is 0 Å². The lowest BCUT2D eigenvalue weighted by molar-refractivity contribution is -0.144. The normalized spacial score (nSPS) is 18.1. The lowest BCUT2D eigenvalue weighted by Gasteiger charge is -2.33. The lowest BCUT2D eigenvalue weighted by Crippen LogP contribution is -2.43. The Morgan fingerprint density at radius 2 is 1.77 bits per heavy atom. The van der Waals surface area contributed by atoms with Gasteiger partial charge in [-0.3, -0.25) is 9.59 Å². The van der Waals surface area contributed by atoms with Gasteiger partial charge in [0.15, 0.2) is 0 Å². The fourth-order valence-corrected chi connectivity index (χ4v) is 4.18. The van der Waals surface area contributed by atoms with E-state index in [9.17, 15) is 14.4 Å². The van der Waals surface area contributed by atoms with E-state index in [1.807, 2.05) is 48.2 Å². The first-order chi connectivity index (χ1) is 15.1. The van der Waals surface area contributed by atoms with Crippen LogP contribution in [0.25, 0.3) is 0 Å². The van der Waals surface area contributed by atoms with E-state index >= 15 is 0 Å². The topological polar surface area (TPSA) is 72.9 Å².